The molecule has 0 spiro atoms. The number of thioether (sulfide) groups is 1. The average Bonchev–Trinajstić information content (AvgIpc) is 2.68. The summed E-state index contributed by atoms with van der Waals surface area (Å²) in [5, 5.41) is 5.77. The van der Waals surface area contributed by atoms with Gasteiger partial charge in [0, 0.05) is 16.1 Å². The molecule has 1 aliphatic rings. The fourth-order valence-corrected chi connectivity index (χ4v) is 3.70. The third kappa shape index (κ3) is 3.34. The van der Waals surface area contributed by atoms with E-state index in [0.29, 0.717) is 17.0 Å². The minimum atomic E-state index is -0.181. The topological polar surface area (TPSA) is 58.2 Å². The molecule has 0 bridgehead atoms. The number of benzene rings is 3. The number of hydrogen-bond donors (Lipinski definition) is 2. The Hall–Kier alpha value is -3.05. The predicted octanol–water partition coefficient (Wildman–Crippen LogP) is 4.65. The molecule has 3 aromatic rings. The van der Waals surface area contributed by atoms with Crippen LogP contribution in [0.4, 0.5) is 11.4 Å². The summed E-state index contributed by atoms with van der Waals surface area (Å²) in [6.45, 7) is 0. The molecular formula is C21H16N2O2S. The zero-order chi connectivity index (χ0) is 17.9. The molecule has 0 unspecified atom stereocenters. The first-order valence-corrected chi connectivity index (χ1v) is 9.22. The molecule has 4 nitrogen and oxygen atoms in total. The van der Waals surface area contributed by atoms with Crippen LogP contribution in [0.3, 0.4) is 0 Å². The Morgan fingerprint density at radius 3 is 2.58 bits per heavy atom. The van der Waals surface area contributed by atoms with Gasteiger partial charge in [0.2, 0.25) is 5.91 Å². The van der Waals surface area contributed by atoms with E-state index >= 15 is 0 Å². The largest absolute Gasteiger partial charge is 0.324 e. The van der Waals surface area contributed by atoms with Crippen LogP contribution in [-0.2, 0) is 4.79 Å². The van der Waals surface area contributed by atoms with Gasteiger partial charge in [0.25, 0.3) is 5.91 Å². The van der Waals surface area contributed by atoms with E-state index in [0.717, 1.165) is 21.7 Å². The maximum atomic E-state index is 12.8. The summed E-state index contributed by atoms with van der Waals surface area (Å²) in [5.41, 5.74) is 3.87. The van der Waals surface area contributed by atoms with Gasteiger partial charge in [0.05, 0.1) is 11.4 Å². The van der Waals surface area contributed by atoms with E-state index in [1.807, 2.05) is 66.7 Å². The number of amides is 2. The van der Waals surface area contributed by atoms with Gasteiger partial charge in [-0.25, -0.2) is 0 Å². The van der Waals surface area contributed by atoms with Crippen LogP contribution in [0.25, 0.3) is 11.1 Å². The second-order valence-electron chi connectivity index (χ2n) is 5.91. The highest BCUT2D eigenvalue weighted by atomic mass is 32.2. The molecule has 4 rings (SSSR count). The minimum Gasteiger partial charge on any atom is -0.324 e. The van der Waals surface area contributed by atoms with Crippen LogP contribution in [-0.4, -0.2) is 17.6 Å². The minimum absolute atomic E-state index is 0.0274. The molecule has 2 amide bonds. The molecule has 0 atom stereocenters. The standard InChI is InChI=1S/C21H16N2O2S/c24-20-13-26-19-11-10-15(12-18(19)23-20)22-21(25)17-9-5-4-8-16(17)14-6-2-1-3-7-14/h1-12H,13H2,(H,22,25)(H,23,24). The maximum Gasteiger partial charge on any atom is 0.256 e. The van der Waals surface area contributed by atoms with Crippen LogP contribution in [0.15, 0.2) is 77.7 Å². The molecule has 128 valence electrons. The molecule has 5 heteroatoms. The van der Waals surface area contributed by atoms with Crippen molar-refractivity contribution >= 4 is 35.0 Å². The summed E-state index contributed by atoms with van der Waals surface area (Å²) < 4.78 is 0. The van der Waals surface area contributed by atoms with Gasteiger partial charge in [-0.3, -0.25) is 9.59 Å². The molecule has 0 fully saturated rings. The summed E-state index contributed by atoms with van der Waals surface area (Å²) in [6.07, 6.45) is 0. The van der Waals surface area contributed by atoms with E-state index in [4.69, 9.17) is 0 Å². The van der Waals surface area contributed by atoms with Crippen molar-refractivity contribution in [2.75, 3.05) is 16.4 Å². The monoisotopic (exact) mass is 360 g/mol. The average molecular weight is 360 g/mol. The predicted molar refractivity (Wildman–Crippen MR) is 106 cm³/mol. The second-order valence-corrected chi connectivity index (χ2v) is 6.93. The lowest BCUT2D eigenvalue weighted by atomic mass is 9.99. The zero-order valence-electron chi connectivity index (χ0n) is 13.9. The van der Waals surface area contributed by atoms with Crippen molar-refractivity contribution in [1.82, 2.24) is 0 Å². The van der Waals surface area contributed by atoms with Crippen molar-refractivity contribution in [1.29, 1.82) is 0 Å². The summed E-state index contributed by atoms with van der Waals surface area (Å²) in [7, 11) is 0. The van der Waals surface area contributed by atoms with Crippen molar-refractivity contribution < 1.29 is 9.59 Å². The van der Waals surface area contributed by atoms with E-state index in [9.17, 15) is 9.59 Å². The summed E-state index contributed by atoms with van der Waals surface area (Å²) >= 11 is 1.50. The molecule has 0 aliphatic carbocycles. The number of carbonyl (C=O) groups excluding carboxylic acids is 2. The van der Waals surface area contributed by atoms with Gasteiger partial charge >= 0.3 is 0 Å². The quantitative estimate of drug-likeness (QED) is 0.715. The van der Waals surface area contributed by atoms with Crippen LogP contribution in [0.5, 0.6) is 0 Å². The van der Waals surface area contributed by atoms with Gasteiger partial charge in [0.1, 0.15) is 0 Å². The van der Waals surface area contributed by atoms with Gasteiger partial charge < -0.3 is 10.6 Å². The van der Waals surface area contributed by atoms with E-state index in [1.165, 1.54) is 11.8 Å². The van der Waals surface area contributed by atoms with Crippen molar-refractivity contribution in [2.24, 2.45) is 0 Å². The van der Waals surface area contributed by atoms with Gasteiger partial charge in [0.15, 0.2) is 0 Å². The van der Waals surface area contributed by atoms with Gasteiger partial charge in [-0.1, -0.05) is 48.5 Å². The van der Waals surface area contributed by atoms with Gasteiger partial charge in [-0.05, 0) is 35.4 Å². The Morgan fingerprint density at radius 2 is 1.73 bits per heavy atom. The van der Waals surface area contributed by atoms with Crippen LogP contribution in [0.1, 0.15) is 10.4 Å². The summed E-state index contributed by atoms with van der Waals surface area (Å²) in [6, 6.07) is 22.9. The number of hydrogen-bond acceptors (Lipinski definition) is 3. The molecule has 1 heterocycles. The molecule has 3 aromatic carbocycles. The normalized spacial score (nSPS) is 12.8. The number of rotatable bonds is 3. The lowest BCUT2D eigenvalue weighted by Crippen LogP contribution is -2.19. The van der Waals surface area contributed by atoms with E-state index in [2.05, 4.69) is 10.6 Å². The summed E-state index contributed by atoms with van der Waals surface area (Å²) in [5.74, 6) is 0.211. The van der Waals surface area contributed by atoms with Gasteiger partial charge in [-0.15, -0.1) is 11.8 Å². The van der Waals surface area contributed by atoms with Crippen molar-refractivity contribution in [2.45, 2.75) is 4.90 Å². The third-order valence-electron chi connectivity index (χ3n) is 4.13. The van der Waals surface area contributed by atoms with Crippen LogP contribution < -0.4 is 10.6 Å². The van der Waals surface area contributed by atoms with Gasteiger partial charge in [-0.2, -0.15) is 0 Å². The van der Waals surface area contributed by atoms with E-state index < -0.39 is 0 Å². The Kier molecular flexibility index (Phi) is 4.46. The highest BCUT2D eigenvalue weighted by molar-refractivity contribution is 8.00. The Bertz CT molecular complexity index is 986. The SMILES string of the molecule is O=C1CSc2ccc(NC(=O)c3ccccc3-c3ccccc3)cc2N1. The third-order valence-corrected chi connectivity index (χ3v) is 5.20. The molecule has 0 aromatic heterocycles. The highest BCUT2D eigenvalue weighted by Crippen LogP contribution is 2.33. The number of carbonyl (C=O) groups is 2. The smallest absolute Gasteiger partial charge is 0.256 e. The summed E-state index contributed by atoms with van der Waals surface area (Å²) in [4.78, 5) is 25.4. The molecule has 26 heavy (non-hydrogen) atoms. The van der Waals surface area contributed by atoms with E-state index in [-0.39, 0.29) is 11.8 Å². The first-order chi connectivity index (χ1) is 12.7. The Labute approximate surface area is 155 Å². The molecule has 2 N–H and O–H groups in total. The van der Waals surface area contributed by atoms with Crippen molar-refractivity contribution in [3.05, 3.63) is 78.4 Å². The highest BCUT2D eigenvalue weighted by Gasteiger charge is 2.17. The lowest BCUT2D eigenvalue weighted by molar-refractivity contribution is -0.113. The first-order valence-electron chi connectivity index (χ1n) is 8.23. The van der Waals surface area contributed by atoms with Crippen molar-refractivity contribution in [3.63, 3.8) is 0 Å². The lowest BCUT2D eigenvalue weighted by Gasteiger charge is -2.17. The van der Waals surface area contributed by atoms with Crippen molar-refractivity contribution in [3.8, 4) is 11.1 Å². The Balaban J connectivity index is 1.62. The molecule has 0 radical (unpaired) electrons. The fourth-order valence-electron chi connectivity index (χ4n) is 2.91. The number of nitrogens with one attached hydrogen (secondary N) is 2. The van der Waals surface area contributed by atoms with Crippen LogP contribution in [0, 0.1) is 0 Å². The molecule has 0 saturated heterocycles. The zero-order valence-corrected chi connectivity index (χ0v) is 14.7. The van der Waals surface area contributed by atoms with E-state index in [1.54, 1.807) is 6.07 Å². The molecular weight excluding hydrogens is 344 g/mol. The maximum absolute atomic E-state index is 12.8. The first kappa shape index (κ1) is 16.4. The fraction of sp³-hybridized carbons (Fsp3) is 0.0476. The van der Waals surface area contributed by atoms with Crippen LogP contribution in [0.2, 0.25) is 0 Å². The van der Waals surface area contributed by atoms with Crippen LogP contribution >= 0.6 is 11.8 Å². The number of anilines is 2. The molecule has 0 saturated carbocycles. The second kappa shape index (κ2) is 7.06. The molecule has 1 aliphatic heterocycles. The number of fused-ring (bicyclic) bond motifs is 1. The Morgan fingerprint density at radius 1 is 0.962 bits per heavy atom.